The zero-order chi connectivity index (χ0) is 13.8. The average molecular weight is 273 g/mol. The van der Waals surface area contributed by atoms with Gasteiger partial charge in [0.2, 0.25) is 6.41 Å². The highest BCUT2D eigenvalue weighted by molar-refractivity contribution is 5.54. The van der Waals surface area contributed by atoms with Crippen molar-refractivity contribution in [1.82, 2.24) is 9.88 Å². The van der Waals surface area contributed by atoms with Crippen LogP contribution >= 0.6 is 0 Å². The van der Waals surface area contributed by atoms with E-state index in [9.17, 15) is 4.79 Å². The maximum absolute atomic E-state index is 11.2. The van der Waals surface area contributed by atoms with Gasteiger partial charge >= 0.3 is 0 Å². The van der Waals surface area contributed by atoms with Crippen LogP contribution in [0, 0.1) is 0 Å². The van der Waals surface area contributed by atoms with E-state index in [-0.39, 0.29) is 6.04 Å². The molecule has 0 bridgehead atoms. The minimum absolute atomic E-state index is 0.222. The van der Waals surface area contributed by atoms with Crippen LogP contribution in [0.3, 0.4) is 0 Å². The fourth-order valence-electron chi connectivity index (χ4n) is 3.47. The number of aromatic nitrogens is 1. The van der Waals surface area contributed by atoms with Crippen LogP contribution in [0.25, 0.3) is 0 Å². The standard InChI is InChI=1S/C16H23N3O/c20-13-19-12-6-8-15(19)14-7-5-9-17-16(14)18-10-3-1-2-4-11-18/h5,7,9,13,15H,1-4,6,8,10-12H2. The van der Waals surface area contributed by atoms with Gasteiger partial charge in [-0.2, -0.15) is 0 Å². The summed E-state index contributed by atoms with van der Waals surface area (Å²) >= 11 is 0. The molecule has 0 N–H and O–H groups in total. The Balaban J connectivity index is 1.89. The van der Waals surface area contributed by atoms with Crippen molar-refractivity contribution in [2.45, 2.75) is 44.6 Å². The lowest BCUT2D eigenvalue weighted by atomic mass is 10.0. The van der Waals surface area contributed by atoms with Crippen LogP contribution in [0.4, 0.5) is 5.82 Å². The largest absolute Gasteiger partial charge is 0.356 e. The predicted octanol–water partition coefficient (Wildman–Crippen LogP) is 2.76. The molecule has 0 saturated carbocycles. The second-order valence-electron chi connectivity index (χ2n) is 5.82. The molecule has 4 nitrogen and oxygen atoms in total. The van der Waals surface area contributed by atoms with Crippen LogP contribution in [0.1, 0.15) is 50.1 Å². The number of pyridine rings is 1. The zero-order valence-electron chi connectivity index (χ0n) is 12.0. The molecule has 4 heteroatoms. The Morgan fingerprint density at radius 2 is 1.90 bits per heavy atom. The first kappa shape index (κ1) is 13.4. The Morgan fingerprint density at radius 3 is 2.65 bits per heavy atom. The molecule has 0 radical (unpaired) electrons. The van der Waals surface area contributed by atoms with Crippen LogP contribution in [0.2, 0.25) is 0 Å². The average Bonchev–Trinajstić information content (AvgIpc) is 2.81. The summed E-state index contributed by atoms with van der Waals surface area (Å²) in [7, 11) is 0. The molecule has 2 aliphatic rings. The molecule has 108 valence electrons. The third-order valence-corrected chi connectivity index (χ3v) is 4.51. The van der Waals surface area contributed by atoms with E-state index in [1.54, 1.807) is 0 Å². The van der Waals surface area contributed by atoms with Gasteiger partial charge in [-0.1, -0.05) is 18.9 Å². The maximum Gasteiger partial charge on any atom is 0.210 e. The molecular formula is C16H23N3O. The Bertz CT molecular complexity index is 455. The van der Waals surface area contributed by atoms with Gasteiger partial charge < -0.3 is 9.80 Å². The summed E-state index contributed by atoms with van der Waals surface area (Å²) in [6.07, 6.45) is 10.2. The van der Waals surface area contributed by atoms with Crippen molar-refractivity contribution in [1.29, 1.82) is 0 Å². The van der Waals surface area contributed by atoms with Gasteiger partial charge in [0.05, 0.1) is 6.04 Å². The molecule has 2 fully saturated rings. The molecule has 1 unspecified atom stereocenters. The highest BCUT2D eigenvalue weighted by atomic mass is 16.1. The van der Waals surface area contributed by atoms with E-state index >= 15 is 0 Å². The molecule has 1 atom stereocenters. The molecule has 1 amide bonds. The number of anilines is 1. The SMILES string of the molecule is O=CN1CCCC1c1cccnc1N1CCCCCC1. The maximum atomic E-state index is 11.2. The van der Waals surface area contributed by atoms with Gasteiger partial charge in [-0.25, -0.2) is 4.98 Å². The fourth-order valence-corrected chi connectivity index (χ4v) is 3.47. The summed E-state index contributed by atoms with van der Waals surface area (Å²) in [4.78, 5) is 20.2. The van der Waals surface area contributed by atoms with Crippen molar-refractivity contribution in [2.24, 2.45) is 0 Å². The lowest BCUT2D eigenvalue weighted by Gasteiger charge is -2.28. The number of likely N-dealkylation sites (tertiary alicyclic amines) is 1. The van der Waals surface area contributed by atoms with Gasteiger partial charge in [-0.3, -0.25) is 4.79 Å². The minimum Gasteiger partial charge on any atom is -0.356 e. The second kappa shape index (κ2) is 6.25. The number of amides is 1. The van der Waals surface area contributed by atoms with Crippen LogP contribution in [-0.4, -0.2) is 35.9 Å². The quantitative estimate of drug-likeness (QED) is 0.795. The van der Waals surface area contributed by atoms with Crippen molar-refractivity contribution in [3.63, 3.8) is 0 Å². The predicted molar refractivity (Wildman–Crippen MR) is 79.7 cm³/mol. The normalized spacial score (nSPS) is 23.7. The first-order valence-electron chi connectivity index (χ1n) is 7.81. The summed E-state index contributed by atoms with van der Waals surface area (Å²) in [5.74, 6) is 1.10. The van der Waals surface area contributed by atoms with Gasteiger partial charge in [0.25, 0.3) is 0 Å². The lowest BCUT2D eigenvalue weighted by Crippen LogP contribution is -2.29. The first-order valence-corrected chi connectivity index (χ1v) is 7.81. The van der Waals surface area contributed by atoms with Crippen LogP contribution in [-0.2, 0) is 4.79 Å². The molecule has 2 aliphatic heterocycles. The molecule has 3 heterocycles. The summed E-state index contributed by atoms with van der Waals surface area (Å²) in [5, 5.41) is 0. The van der Waals surface area contributed by atoms with Crippen molar-refractivity contribution >= 4 is 12.2 Å². The van der Waals surface area contributed by atoms with Gasteiger partial charge in [0.15, 0.2) is 0 Å². The molecular weight excluding hydrogens is 250 g/mol. The Morgan fingerprint density at radius 1 is 1.10 bits per heavy atom. The topological polar surface area (TPSA) is 36.4 Å². The summed E-state index contributed by atoms with van der Waals surface area (Å²) in [5.41, 5.74) is 1.24. The highest BCUT2D eigenvalue weighted by Gasteiger charge is 2.28. The smallest absolute Gasteiger partial charge is 0.210 e. The van der Waals surface area contributed by atoms with E-state index in [0.29, 0.717) is 0 Å². The van der Waals surface area contributed by atoms with Crippen molar-refractivity contribution in [3.05, 3.63) is 23.9 Å². The van der Waals surface area contributed by atoms with E-state index in [4.69, 9.17) is 0 Å². The Labute approximate surface area is 120 Å². The molecule has 20 heavy (non-hydrogen) atoms. The van der Waals surface area contributed by atoms with Gasteiger partial charge in [0.1, 0.15) is 5.82 Å². The van der Waals surface area contributed by atoms with E-state index in [1.807, 2.05) is 17.2 Å². The molecule has 0 aromatic carbocycles. The van der Waals surface area contributed by atoms with Gasteiger partial charge in [-0.15, -0.1) is 0 Å². The number of carbonyl (C=O) groups is 1. The zero-order valence-corrected chi connectivity index (χ0v) is 12.0. The third-order valence-electron chi connectivity index (χ3n) is 4.51. The summed E-state index contributed by atoms with van der Waals surface area (Å²) in [6.45, 7) is 3.07. The summed E-state index contributed by atoms with van der Waals surface area (Å²) < 4.78 is 0. The molecule has 3 rings (SSSR count). The van der Waals surface area contributed by atoms with E-state index in [2.05, 4.69) is 16.0 Å². The van der Waals surface area contributed by atoms with Crippen LogP contribution in [0.5, 0.6) is 0 Å². The molecule has 1 aromatic heterocycles. The number of hydrogen-bond donors (Lipinski definition) is 0. The highest BCUT2D eigenvalue weighted by Crippen LogP contribution is 2.35. The van der Waals surface area contributed by atoms with Gasteiger partial charge in [0, 0.05) is 31.4 Å². The molecule has 1 aromatic rings. The molecule has 0 aliphatic carbocycles. The lowest BCUT2D eigenvalue weighted by molar-refractivity contribution is -0.118. The summed E-state index contributed by atoms with van der Waals surface area (Å²) in [6, 6.07) is 4.37. The van der Waals surface area contributed by atoms with Crippen molar-refractivity contribution in [2.75, 3.05) is 24.5 Å². The third kappa shape index (κ3) is 2.65. The molecule has 0 spiro atoms. The number of nitrogens with zero attached hydrogens (tertiary/aromatic N) is 3. The van der Waals surface area contributed by atoms with Crippen molar-refractivity contribution in [3.8, 4) is 0 Å². The number of rotatable bonds is 3. The van der Waals surface area contributed by atoms with E-state index in [1.165, 1.54) is 31.2 Å². The van der Waals surface area contributed by atoms with E-state index < -0.39 is 0 Å². The monoisotopic (exact) mass is 273 g/mol. The molecule has 2 saturated heterocycles. The van der Waals surface area contributed by atoms with Crippen molar-refractivity contribution < 1.29 is 4.79 Å². The van der Waals surface area contributed by atoms with Gasteiger partial charge in [-0.05, 0) is 31.7 Å². The Hall–Kier alpha value is -1.58. The van der Waals surface area contributed by atoms with E-state index in [0.717, 1.165) is 44.7 Å². The second-order valence-corrected chi connectivity index (χ2v) is 5.82. The first-order chi connectivity index (χ1) is 9.90. The Kier molecular flexibility index (Phi) is 4.19. The number of hydrogen-bond acceptors (Lipinski definition) is 3. The minimum atomic E-state index is 0.222. The number of carbonyl (C=O) groups excluding carboxylic acids is 1. The fraction of sp³-hybridized carbons (Fsp3) is 0.625. The van der Waals surface area contributed by atoms with Crippen LogP contribution in [0.15, 0.2) is 18.3 Å². The van der Waals surface area contributed by atoms with Crippen LogP contribution < -0.4 is 4.90 Å².